The Labute approximate surface area is 83.0 Å². The number of H-pyrrole nitrogens is 1. The number of rotatable bonds is 1. The van der Waals surface area contributed by atoms with Gasteiger partial charge in [0.05, 0.1) is 5.56 Å². The van der Waals surface area contributed by atoms with Crippen molar-refractivity contribution in [1.29, 1.82) is 0 Å². The number of hydrogen-bond acceptors (Lipinski definition) is 2. The lowest BCUT2D eigenvalue weighted by molar-refractivity contribution is 0.448. The number of halogens is 3. The van der Waals surface area contributed by atoms with E-state index in [0.717, 1.165) is 12.1 Å². The average molecular weight is 213 g/mol. The van der Waals surface area contributed by atoms with Crippen LogP contribution >= 0.6 is 0 Å². The summed E-state index contributed by atoms with van der Waals surface area (Å²) in [7, 11) is 0. The Morgan fingerprint density at radius 1 is 1.13 bits per heavy atom. The molecule has 0 saturated heterocycles. The Hall–Kier alpha value is -1.85. The zero-order valence-electron chi connectivity index (χ0n) is 7.68. The van der Waals surface area contributed by atoms with Gasteiger partial charge in [-0.1, -0.05) is 0 Å². The molecule has 78 valence electrons. The maximum atomic E-state index is 13.2. The van der Waals surface area contributed by atoms with Crippen LogP contribution in [-0.2, 0) is 0 Å². The van der Waals surface area contributed by atoms with Gasteiger partial charge < -0.3 is 0 Å². The first kappa shape index (κ1) is 9.70. The predicted molar refractivity (Wildman–Crippen MR) is 46.4 cm³/mol. The van der Waals surface area contributed by atoms with E-state index in [0.29, 0.717) is 5.82 Å². The van der Waals surface area contributed by atoms with Gasteiger partial charge >= 0.3 is 0 Å². The summed E-state index contributed by atoms with van der Waals surface area (Å²) in [4.78, 5) is 3.82. The van der Waals surface area contributed by atoms with Crippen molar-refractivity contribution < 1.29 is 13.2 Å². The van der Waals surface area contributed by atoms with Gasteiger partial charge in [0.2, 0.25) is 0 Å². The fraction of sp³-hybridized carbons (Fsp3) is 0.111. The normalized spacial score (nSPS) is 10.7. The highest BCUT2D eigenvalue weighted by molar-refractivity contribution is 5.55. The van der Waals surface area contributed by atoms with Crippen molar-refractivity contribution in [1.82, 2.24) is 15.2 Å². The van der Waals surface area contributed by atoms with Crippen LogP contribution in [0.1, 0.15) is 5.82 Å². The van der Waals surface area contributed by atoms with Crippen LogP contribution in [0.5, 0.6) is 0 Å². The standard InChI is InChI=1S/C9H6F3N3/c1-4-13-9(15-14-4)5-2-3-6(10)8(12)7(5)11/h2-3H,1H3,(H,13,14,15). The first-order chi connectivity index (χ1) is 7.09. The molecule has 0 aliphatic heterocycles. The van der Waals surface area contributed by atoms with Crippen LogP contribution in [0.4, 0.5) is 13.2 Å². The summed E-state index contributed by atoms with van der Waals surface area (Å²) in [5, 5.41) is 6.14. The molecule has 1 N–H and O–H groups in total. The molecule has 1 aromatic heterocycles. The lowest BCUT2D eigenvalue weighted by Crippen LogP contribution is -1.95. The van der Waals surface area contributed by atoms with Crippen molar-refractivity contribution in [2.45, 2.75) is 6.92 Å². The molecular weight excluding hydrogens is 207 g/mol. The van der Waals surface area contributed by atoms with Crippen LogP contribution in [0.25, 0.3) is 11.4 Å². The molecule has 0 spiro atoms. The molecule has 0 unspecified atom stereocenters. The van der Waals surface area contributed by atoms with E-state index in [1.54, 1.807) is 6.92 Å². The Morgan fingerprint density at radius 3 is 2.47 bits per heavy atom. The molecule has 0 aliphatic carbocycles. The second-order valence-corrected chi connectivity index (χ2v) is 2.97. The lowest BCUT2D eigenvalue weighted by atomic mass is 10.2. The molecule has 15 heavy (non-hydrogen) atoms. The topological polar surface area (TPSA) is 41.6 Å². The molecule has 6 heteroatoms. The van der Waals surface area contributed by atoms with Crippen LogP contribution in [0, 0.1) is 24.4 Å². The molecule has 2 rings (SSSR count). The van der Waals surface area contributed by atoms with Gasteiger partial charge in [-0.2, -0.15) is 5.10 Å². The first-order valence-corrected chi connectivity index (χ1v) is 4.12. The summed E-state index contributed by atoms with van der Waals surface area (Å²) >= 11 is 0. The summed E-state index contributed by atoms with van der Waals surface area (Å²) < 4.78 is 38.7. The molecule has 2 aromatic rings. The molecule has 3 nitrogen and oxygen atoms in total. The quantitative estimate of drug-likeness (QED) is 0.738. The SMILES string of the molecule is Cc1nc(-c2ccc(F)c(F)c2F)n[nH]1. The molecule has 0 bridgehead atoms. The van der Waals surface area contributed by atoms with Crippen LogP contribution < -0.4 is 0 Å². The van der Waals surface area contributed by atoms with Crippen LogP contribution in [0.15, 0.2) is 12.1 Å². The van der Waals surface area contributed by atoms with Gasteiger partial charge in [0.25, 0.3) is 0 Å². The van der Waals surface area contributed by atoms with Gasteiger partial charge in [0.1, 0.15) is 5.82 Å². The molecular formula is C9H6F3N3. The summed E-state index contributed by atoms with van der Waals surface area (Å²) in [6, 6.07) is 1.93. The second-order valence-electron chi connectivity index (χ2n) is 2.97. The van der Waals surface area contributed by atoms with Gasteiger partial charge in [-0.3, -0.25) is 5.10 Å². The van der Waals surface area contributed by atoms with E-state index in [9.17, 15) is 13.2 Å². The zero-order valence-corrected chi connectivity index (χ0v) is 7.68. The number of aromatic nitrogens is 3. The smallest absolute Gasteiger partial charge is 0.195 e. The number of aromatic amines is 1. The Balaban J connectivity index is 2.59. The highest BCUT2D eigenvalue weighted by Crippen LogP contribution is 2.22. The van der Waals surface area contributed by atoms with Gasteiger partial charge in [-0.05, 0) is 19.1 Å². The van der Waals surface area contributed by atoms with E-state index in [-0.39, 0.29) is 11.4 Å². The Bertz CT molecular complexity index is 507. The molecule has 0 fully saturated rings. The van der Waals surface area contributed by atoms with Gasteiger partial charge in [0, 0.05) is 0 Å². The highest BCUT2D eigenvalue weighted by atomic mass is 19.2. The molecule has 0 amide bonds. The zero-order chi connectivity index (χ0) is 11.0. The number of benzene rings is 1. The van der Waals surface area contributed by atoms with Crippen LogP contribution in [0.3, 0.4) is 0 Å². The fourth-order valence-electron chi connectivity index (χ4n) is 1.16. The molecule has 0 atom stereocenters. The largest absolute Gasteiger partial charge is 0.263 e. The van der Waals surface area contributed by atoms with Gasteiger partial charge in [0.15, 0.2) is 23.3 Å². The monoisotopic (exact) mass is 213 g/mol. The third-order valence-electron chi connectivity index (χ3n) is 1.87. The minimum absolute atomic E-state index is 0.00361. The van der Waals surface area contributed by atoms with E-state index < -0.39 is 17.5 Å². The molecule has 0 saturated carbocycles. The van der Waals surface area contributed by atoms with Crippen molar-refractivity contribution in [3.05, 3.63) is 35.4 Å². The average Bonchev–Trinajstić information content (AvgIpc) is 2.61. The maximum absolute atomic E-state index is 13.2. The minimum atomic E-state index is -1.52. The molecule has 0 aliphatic rings. The number of nitrogens with one attached hydrogen (secondary N) is 1. The van der Waals surface area contributed by atoms with Gasteiger partial charge in [-0.15, -0.1) is 0 Å². The van der Waals surface area contributed by atoms with Crippen LogP contribution in [0.2, 0.25) is 0 Å². The second kappa shape index (κ2) is 3.38. The van der Waals surface area contributed by atoms with E-state index in [1.807, 2.05) is 0 Å². The third-order valence-corrected chi connectivity index (χ3v) is 1.87. The van der Waals surface area contributed by atoms with Crippen molar-refractivity contribution >= 4 is 0 Å². The summed E-state index contributed by atoms with van der Waals surface area (Å²) in [5.74, 6) is -3.56. The minimum Gasteiger partial charge on any atom is -0.263 e. The molecule has 0 radical (unpaired) electrons. The first-order valence-electron chi connectivity index (χ1n) is 4.12. The Morgan fingerprint density at radius 2 is 1.87 bits per heavy atom. The van der Waals surface area contributed by atoms with E-state index in [2.05, 4.69) is 15.2 Å². The van der Waals surface area contributed by atoms with Crippen LogP contribution in [-0.4, -0.2) is 15.2 Å². The van der Waals surface area contributed by atoms with Crippen molar-refractivity contribution in [3.8, 4) is 11.4 Å². The van der Waals surface area contributed by atoms with E-state index >= 15 is 0 Å². The fourth-order valence-corrected chi connectivity index (χ4v) is 1.16. The van der Waals surface area contributed by atoms with Gasteiger partial charge in [-0.25, -0.2) is 18.2 Å². The summed E-state index contributed by atoms with van der Waals surface area (Å²) in [6.45, 7) is 1.62. The van der Waals surface area contributed by atoms with E-state index in [1.165, 1.54) is 0 Å². The Kier molecular flexibility index (Phi) is 2.18. The highest BCUT2D eigenvalue weighted by Gasteiger charge is 2.16. The molecule has 1 heterocycles. The third kappa shape index (κ3) is 1.58. The van der Waals surface area contributed by atoms with Crippen molar-refractivity contribution in [3.63, 3.8) is 0 Å². The number of hydrogen-bond donors (Lipinski definition) is 1. The summed E-state index contributed by atoms with van der Waals surface area (Å²) in [5.41, 5.74) is -0.168. The number of aryl methyl sites for hydroxylation is 1. The lowest BCUT2D eigenvalue weighted by Gasteiger charge is -1.99. The van der Waals surface area contributed by atoms with Crippen molar-refractivity contribution in [2.75, 3.05) is 0 Å². The summed E-state index contributed by atoms with van der Waals surface area (Å²) in [6.07, 6.45) is 0. The van der Waals surface area contributed by atoms with E-state index in [4.69, 9.17) is 0 Å². The predicted octanol–water partition coefficient (Wildman–Crippen LogP) is 2.20. The molecule has 1 aromatic carbocycles. The maximum Gasteiger partial charge on any atom is 0.195 e. The number of nitrogens with zero attached hydrogens (tertiary/aromatic N) is 2. The van der Waals surface area contributed by atoms with Crippen molar-refractivity contribution in [2.24, 2.45) is 0 Å².